The third-order valence-electron chi connectivity index (χ3n) is 5.10. The van der Waals surface area contributed by atoms with Crippen molar-refractivity contribution in [1.29, 1.82) is 0 Å². The average molecular weight is 388 g/mol. The number of sulfonamides is 1. The Bertz CT molecular complexity index is 887. The number of hydrogen-bond donors (Lipinski definition) is 2. The van der Waals surface area contributed by atoms with Crippen LogP contribution in [0.25, 0.3) is 0 Å². The smallest absolute Gasteiger partial charge is 0.405 e. The van der Waals surface area contributed by atoms with Gasteiger partial charge in [0, 0.05) is 18.6 Å². The first kappa shape index (κ1) is 19.4. The number of carbonyl (C=O) groups is 1. The van der Waals surface area contributed by atoms with Crippen molar-refractivity contribution in [2.45, 2.75) is 36.6 Å². The second-order valence-electron chi connectivity index (χ2n) is 7.09. The molecule has 0 aromatic heterocycles. The van der Waals surface area contributed by atoms with Crippen molar-refractivity contribution in [3.63, 3.8) is 0 Å². The molecule has 1 saturated heterocycles. The van der Waals surface area contributed by atoms with Gasteiger partial charge in [-0.05, 0) is 43.9 Å². The maximum Gasteiger partial charge on any atom is 0.405 e. The highest BCUT2D eigenvalue weighted by atomic mass is 32.2. The fourth-order valence-corrected chi connectivity index (χ4v) is 5.01. The van der Waals surface area contributed by atoms with Crippen LogP contribution in [0.5, 0.6) is 0 Å². The first-order valence-electron chi connectivity index (χ1n) is 8.93. The van der Waals surface area contributed by atoms with Crippen LogP contribution in [0.3, 0.4) is 0 Å². The number of rotatable bonds is 5. The Labute approximate surface area is 159 Å². The second-order valence-corrected chi connectivity index (χ2v) is 9.03. The van der Waals surface area contributed by atoms with Crippen molar-refractivity contribution < 1.29 is 18.3 Å². The molecule has 0 spiro atoms. The number of nitrogens with zero attached hydrogens (tertiary/aromatic N) is 1. The Morgan fingerprint density at radius 1 is 1.07 bits per heavy atom. The number of benzene rings is 2. The van der Waals surface area contributed by atoms with Crippen molar-refractivity contribution >= 4 is 16.1 Å². The van der Waals surface area contributed by atoms with E-state index in [1.165, 1.54) is 4.31 Å². The molecule has 27 heavy (non-hydrogen) atoms. The number of amides is 1. The second kappa shape index (κ2) is 7.70. The van der Waals surface area contributed by atoms with Crippen molar-refractivity contribution in [3.05, 3.63) is 65.7 Å². The molecule has 1 amide bonds. The SMILES string of the molecule is Cc1ccc(S(=O)(=O)N2CCC(Cc3ccccc3)(NC(=O)O)CC2)cc1. The fraction of sp³-hybridized carbons (Fsp3) is 0.350. The summed E-state index contributed by atoms with van der Waals surface area (Å²) in [7, 11) is -3.57. The van der Waals surface area contributed by atoms with Crippen molar-refractivity contribution in [2.24, 2.45) is 0 Å². The number of aryl methyl sites for hydroxylation is 1. The van der Waals surface area contributed by atoms with Gasteiger partial charge in [0.1, 0.15) is 0 Å². The van der Waals surface area contributed by atoms with Crippen LogP contribution in [-0.4, -0.2) is 42.6 Å². The largest absolute Gasteiger partial charge is 0.465 e. The van der Waals surface area contributed by atoms with Gasteiger partial charge in [0.25, 0.3) is 0 Å². The molecule has 2 N–H and O–H groups in total. The molecular formula is C20H24N2O4S. The van der Waals surface area contributed by atoms with Crippen LogP contribution < -0.4 is 5.32 Å². The summed E-state index contributed by atoms with van der Waals surface area (Å²) in [4.78, 5) is 11.6. The van der Waals surface area contributed by atoms with Gasteiger partial charge in [0.2, 0.25) is 10.0 Å². The van der Waals surface area contributed by atoms with E-state index in [1.807, 2.05) is 37.3 Å². The Kier molecular flexibility index (Phi) is 5.53. The van der Waals surface area contributed by atoms with Gasteiger partial charge in [-0.2, -0.15) is 4.31 Å². The van der Waals surface area contributed by atoms with E-state index in [2.05, 4.69) is 5.32 Å². The van der Waals surface area contributed by atoms with E-state index in [-0.39, 0.29) is 18.0 Å². The summed E-state index contributed by atoms with van der Waals surface area (Å²) < 4.78 is 27.2. The van der Waals surface area contributed by atoms with Crippen LogP contribution in [0.15, 0.2) is 59.5 Å². The minimum absolute atomic E-state index is 0.273. The molecule has 0 radical (unpaired) electrons. The molecule has 6 nitrogen and oxygen atoms in total. The standard InChI is InChI=1S/C20H24N2O4S/c1-16-7-9-18(10-8-16)27(25,26)22-13-11-20(12-14-22,21-19(23)24)15-17-5-3-2-4-6-17/h2-10,21H,11-15H2,1H3,(H,23,24). The molecule has 0 saturated carbocycles. The maximum absolute atomic E-state index is 12.9. The van der Waals surface area contributed by atoms with E-state index in [0.29, 0.717) is 19.3 Å². The maximum atomic E-state index is 12.9. The van der Waals surface area contributed by atoms with E-state index in [1.54, 1.807) is 24.3 Å². The normalized spacial score (nSPS) is 17.4. The fourth-order valence-electron chi connectivity index (χ4n) is 3.57. The monoisotopic (exact) mass is 388 g/mol. The molecule has 0 unspecified atom stereocenters. The number of carboxylic acid groups (broad SMARTS) is 1. The molecule has 3 rings (SSSR count). The lowest BCUT2D eigenvalue weighted by Crippen LogP contribution is -2.57. The highest BCUT2D eigenvalue weighted by Gasteiger charge is 2.39. The molecule has 2 aromatic rings. The highest BCUT2D eigenvalue weighted by molar-refractivity contribution is 7.89. The summed E-state index contributed by atoms with van der Waals surface area (Å²) in [6.45, 7) is 2.47. The summed E-state index contributed by atoms with van der Waals surface area (Å²) in [6, 6.07) is 16.5. The van der Waals surface area contributed by atoms with Crippen molar-refractivity contribution in [3.8, 4) is 0 Å². The predicted molar refractivity (Wildman–Crippen MR) is 103 cm³/mol. The molecule has 1 fully saturated rings. The molecule has 0 aliphatic carbocycles. The lowest BCUT2D eigenvalue weighted by molar-refractivity contribution is 0.151. The Morgan fingerprint density at radius 3 is 2.22 bits per heavy atom. The van der Waals surface area contributed by atoms with Crippen LogP contribution in [0.4, 0.5) is 4.79 Å². The Balaban J connectivity index is 1.77. The summed E-state index contributed by atoms with van der Waals surface area (Å²) in [6.07, 6.45) is 0.317. The van der Waals surface area contributed by atoms with Crippen LogP contribution in [0, 0.1) is 6.92 Å². The van der Waals surface area contributed by atoms with Gasteiger partial charge in [-0.15, -0.1) is 0 Å². The molecule has 0 bridgehead atoms. The van der Waals surface area contributed by atoms with E-state index >= 15 is 0 Å². The molecular weight excluding hydrogens is 364 g/mol. The quantitative estimate of drug-likeness (QED) is 0.824. The molecule has 144 valence electrons. The first-order chi connectivity index (χ1) is 12.8. The number of piperidine rings is 1. The van der Waals surface area contributed by atoms with Gasteiger partial charge in [-0.1, -0.05) is 48.0 Å². The molecule has 0 atom stereocenters. The Morgan fingerprint density at radius 2 is 1.67 bits per heavy atom. The van der Waals surface area contributed by atoms with Gasteiger partial charge >= 0.3 is 6.09 Å². The molecule has 1 heterocycles. The molecule has 7 heteroatoms. The van der Waals surface area contributed by atoms with E-state index in [0.717, 1.165) is 11.1 Å². The number of nitrogens with one attached hydrogen (secondary N) is 1. The van der Waals surface area contributed by atoms with E-state index in [4.69, 9.17) is 0 Å². The van der Waals surface area contributed by atoms with Gasteiger partial charge in [-0.3, -0.25) is 0 Å². The average Bonchev–Trinajstić information content (AvgIpc) is 2.62. The lowest BCUT2D eigenvalue weighted by Gasteiger charge is -2.41. The number of hydrogen-bond acceptors (Lipinski definition) is 3. The third-order valence-corrected chi connectivity index (χ3v) is 7.01. The van der Waals surface area contributed by atoms with E-state index < -0.39 is 21.7 Å². The van der Waals surface area contributed by atoms with Gasteiger partial charge < -0.3 is 10.4 Å². The summed E-state index contributed by atoms with van der Waals surface area (Å²) >= 11 is 0. The highest BCUT2D eigenvalue weighted by Crippen LogP contribution is 2.30. The van der Waals surface area contributed by atoms with Gasteiger partial charge in [0.15, 0.2) is 0 Å². The third kappa shape index (κ3) is 4.48. The van der Waals surface area contributed by atoms with Gasteiger partial charge in [-0.25, -0.2) is 13.2 Å². The first-order valence-corrected chi connectivity index (χ1v) is 10.4. The summed E-state index contributed by atoms with van der Waals surface area (Å²) in [5.74, 6) is 0. The predicted octanol–water partition coefficient (Wildman–Crippen LogP) is 3.03. The molecule has 1 aliphatic rings. The molecule has 2 aromatic carbocycles. The lowest BCUT2D eigenvalue weighted by atomic mass is 9.82. The van der Waals surface area contributed by atoms with Crippen molar-refractivity contribution in [2.75, 3.05) is 13.1 Å². The minimum atomic E-state index is -3.57. The zero-order chi connectivity index (χ0) is 19.5. The molecule has 1 aliphatic heterocycles. The minimum Gasteiger partial charge on any atom is -0.465 e. The summed E-state index contributed by atoms with van der Waals surface area (Å²) in [5, 5.41) is 12.0. The van der Waals surface area contributed by atoms with Crippen LogP contribution in [0.2, 0.25) is 0 Å². The van der Waals surface area contributed by atoms with Crippen LogP contribution in [-0.2, 0) is 16.4 Å². The Hall–Kier alpha value is -2.38. The van der Waals surface area contributed by atoms with Crippen molar-refractivity contribution in [1.82, 2.24) is 9.62 Å². The summed E-state index contributed by atoms with van der Waals surface area (Å²) in [5.41, 5.74) is 1.37. The van der Waals surface area contributed by atoms with Crippen LogP contribution in [0.1, 0.15) is 24.0 Å². The zero-order valence-electron chi connectivity index (χ0n) is 15.3. The van der Waals surface area contributed by atoms with E-state index in [9.17, 15) is 18.3 Å². The van der Waals surface area contributed by atoms with Gasteiger partial charge in [0.05, 0.1) is 4.90 Å². The zero-order valence-corrected chi connectivity index (χ0v) is 16.1. The topological polar surface area (TPSA) is 86.7 Å². The van der Waals surface area contributed by atoms with Crippen LogP contribution >= 0.6 is 0 Å².